The summed E-state index contributed by atoms with van der Waals surface area (Å²) in [4.78, 5) is 34.9. The van der Waals surface area contributed by atoms with Gasteiger partial charge in [-0.1, -0.05) is 71.1 Å². The molecule has 0 aromatic rings. The number of nitrogens with one attached hydrogen (secondary N) is 2. The minimum absolute atomic E-state index is 0.164. The van der Waals surface area contributed by atoms with E-state index in [2.05, 4.69) is 12.2 Å². The van der Waals surface area contributed by atoms with Crippen LogP contribution >= 0.6 is 0 Å². The predicted molar refractivity (Wildman–Crippen MR) is 133 cm³/mol. The standard InChI is InChI=1S/C26H43FN2O7/c1-3-4-5-6-7-8-9-10-11-12-13-14-22(32)35-17-20(31)23(27)25-24(29-18(2)30)19(16-28)15-21(36-25)26(33)34/h15-16,19-20,23-25,28,31H,3-14,17H2,1-2H3,(H,29,30)(H,33,34)/t19-,20?,23?,24?,25+/m1/s1. The van der Waals surface area contributed by atoms with E-state index in [9.17, 15) is 24.6 Å². The van der Waals surface area contributed by atoms with Crippen LogP contribution in [-0.2, 0) is 23.9 Å². The maximum atomic E-state index is 15.1. The molecular formula is C26H43FN2O7. The summed E-state index contributed by atoms with van der Waals surface area (Å²) < 4.78 is 25.3. The van der Waals surface area contributed by atoms with E-state index in [1.54, 1.807) is 0 Å². The van der Waals surface area contributed by atoms with Crippen LogP contribution in [0.1, 0.15) is 90.9 Å². The number of rotatable bonds is 19. The van der Waals surface area contributed by atoms with E-state index in [0.29, 0.717) is 6.42 Å². The number of unbranched alkanes of at least 4 members (excludes halogenated alkanes) is 10. The van der Waals surface area contributed by atoms with Crippen molar-refractivity contribution in [1.29, 1.82) is 5.41 Å². The zero-order valence-corrected chi connectivity index (χ0v) is 21.5. The Bertz CT molecular complexity index is 731. The Kier molecular flexibility index (Phi) is 15.6. The molecule has 36 heavy (non-hydrogen) atoms. The van der Waals surface area contributed by atoms with Gasteiger partial charge in [-0.15, -0.1) is 0 Å². The van der Waals surface area contributed by atoms with E-state index in [4.69, 9.17) is 14.9 Å². The molecule has 0 aromatic heterocycles. The molecule has 5 atom stereocenters. The average Bonchev–Trinajstić information content (AvgIpc) is 2.84. The fraction of sp³-hybridized carbons (Fsp3) is 0.769. The van der Waals surface area contributed by atoms with Gasteiger partial charge in [-0.25, -0.2) is 9.18 Å². The van der Waals surface area contributed by atoms with Gasteiger partial charge >= 0.3 is 11.9 Å². The van der Waals surface area contributed by atoms with Gasteiger partial charge in [0.2, 0.25) is 11.7 Å². The number of aliphatic carboxylic acids is 1. The molecule has 0 aromatic carbocycles. The van der Waals surface area contributed by atoms with Crippen LogP contribution in [0.5, 0.6) is 0 Å². The van der Waals surface area contributed by atoms with Gasteiger partial charge in [0.15, 0.2) is 12.3 Å². The van der Waals surface area contributed by atoms with Crippen LogP contribution in [-0.4, -0.2) is 65.3 Å². The number of carboxylic acids is 1. The third-order valence-corrected chi connectivity index (χ3v) is 6.23. The van der Waals surface area contributed by atoms with Crippen molar-refractivity contribution in [3.8, 4) is 0 Å². The number of carboxylic acid groups (broad SMARTS) is 1. The van der Waals surface area contributed by atoms with E-state index in [-0.39, 0.29) is 6.42 Å². The van der Waals surface area contributed by atoms with E-state index >= 15 is 4.39 Å². The minimum atomic E-state index is -2.18. The smallest absolute Gasteiger partial charge is 0.370 e. The first-order valence-corrected chi connectivity index (χ1v) is 13.1. The van der Waals surface area contributed by atoms with E-state index < -0.39 is 60.6 Å². The lowest BCUT2D eigenvalue weighted by Gasteiger charge is -2.37. The first-order valence-electron chi connectivity index (χ1n) is 13.1. The zero-order chi connectivity index (χ0) is 26.9. The number of alkyl halides is 1. The Balaban J connectivity index is 2.39. The number of hydrogen-bond donors (Lipinski definition) is 4. The summed E-state index contributed by atoms with van der Waals surface area (Å²) in [7, 11) is 0. The van der Waals surface area contributed by atoms with Crippen molar-refractivity contribution in [3.05, 3.63) is 11.8 Å². The molecule has 0 bridgehead atoms. The molecule has 1 rings (SSSR count). The van der Waals surface area contributed by atoms with Crippen LogP contribution in [0.4, 0.5) is 4.39 Å². The van der Waals surface area contributed by atoms with Crippen LogP contribution < -0.4 is 5.32 Å². The summed E-state index contributed by atoms with van der Waals surface area (Å²) in [6.07, 6.45) is 9.15. The second-order valence-electron chi connectivity index (χ2n) is 9.37. The largest absolute Gasteiger partial charge is 0.478 e. The van der Waals surface area contributed by atoms with Gasteiger partial charge in [-0.2, -0.15) is 0 Å². The highest BCUT2D eigenvalue weighted by molar-refractivity contribution is 5.86. The third-order valence-electron chi connectivity index (χ3n) is 6.23. The fourth-order valence-electron chi connectivity index (χ4n) is 4.20. The predicted octanol–water partition coefficient (Wildman–Crippen LogP) is 4.07. The first-order chi connectivity index (χ1) is 17.2. The second kappa shape index (κ2) is 17.9. The van der Waals surface area contributed by atoms with Crippen LogP contribution in [0.3, 0.4) is 0 Å². The Morgan fingerprint density at radius 3 is 2.17 bits per heavy atom. The van der Waals surface area contributed by atoms with E-state index in [0.717, 1.165) is 31.6 Å². The number of esters is 1. The normalized spacial score (nSPS) is 21.0. The van der Waals surface area contributed by atoms with E-state index in [1.165, 1.54) is 51.9 Å². The van der Waals surface area contributed by atoms with Gasteiger partial charge in [-0.05, 0) is 12.5 Å². The Morgan fingerprint density at radius 1 is 1.11 bits per heavy atom. The number of carbonyl (C=O) groups excluding carboxylic acids is 2. The summed E-state index contributed by atoms with van der Waals surface area (Å²) in [5, 5.41) is 29.4. The molecule has 206 valence electrons. The van der Waals surface area contributed by atoms with Gasteiger partial charge in [0, 0.05) is 25.5 Å². The molecule has 10 heteroatoms. The summed E-state index contributed by atoms with van der Waals surface area (Å²) in [5.41, 5.74) is 0. The minimum Gasteiger partial charge on any atom is -0.478 e. The quantitative estimate of drug-likeness (QED) is 0.115. The lowest BCUT2D eigenvalue weighted by molar-refractivity contribution is -0.151. The molecule has 0 radical (unpaired) electrons. The lowest BCUT2D eigenvalue weighted by atomic mass is 9.88. The van der Waals surface area contributed by atoms with Crippen molar-refractivity contribution in [2.75, 3.05) is 6.61 Å². The highest BCUT2D eigenvalue weighted by Crippen LogP contribution is 2.27. The van der Waals surface area contributed by atoms with Crippen molar-refractivity contribution in [2.45, 2.75) is 115 Å². The second-order valence-corrected chi connectivity index (χ2v) is 9.37. The van der Waals surface area contributed by atoms with Crippen molar-refractivity contribution < 1.29 is 38.5 Å². The molecule has 1 amide bonds. The Hall–Kier alpha value is -2.49. The fourth-order valence-corrected chi connectivity index (χ4v) is 4.20. The Morgan fingerprint density at radius 2 is 1.67 bits per heavy atom. The molecule has 0 fully saturated rings. The van der Waals surface area contributed by atoms with Crippen molar-refractivity contribution >= 4 is 24.1 Å². The van der Waals surface area contributed by atoms with Crippen LogP contribution in [0.2, 0.25) is 0 Å². The van der Waals surface area contributed by atoms with Crippen molar-refractivity contribution in [1.82, 2.24) is 5.32 Å². The van der Waals surface area contributed by atoms with Crippen LogP contribution in [0.15, 0.2) is 11.8 Å². The summed E-state index contributed by atoms with van der Waals surface area (Å²) in [5.74, 6) is -4.09. The highest BCUT2D eigenvalue weighted by atomic mass is 19.1. The number of aliphatic hydroxyl groups excluding tert-OH is 1. The summed E-state index contributed by atoms with van der Waals surface area (Å²) in [6.45, 7) is 2.76. The number of halogens is 1. The molecule has 0 saturated carbocycles. The van der Waals surface area contributed by atoms with E-state index in [1.807, 2.05) is 0 Å². The number of ether oxygens (including phenoxy) is 2. The van der Waals surface area contributed by atoms with Gasteiger partial charge in [0.25, 0.3) is 0 Å². The monoisotopic (exact) mass is 514 g/mol. The number of carbonyl (C=O) groups is 3. The molecule has 0 spiro atoms. The topological polar surface area (TPSA) is 146 Å². The van der Waals surface area contributed by atoms with Crippen LogP contribution in [0, 0.1) is 11.3 Å². The number of hydrogen-bond acceptors (Lipinski definition) is 7. The van der Waals surface area contributed by atoms with Crippen molar-refractivity contribution in [2.24, 2.45) is 5.92 Å². The zero-order valence-electron chi connectivity index (χ0n) is 21.5. The first kappa shape index (κ1) is 31.5. The molecule has 1 heterocycles. The average molecular weight is 515 g/mol. The molecule has 9 nitrogen and oxygen atoms in total. The molecule has 0 saturated heterocycles. The molecule has 1 aliphatic heterocycles. The van der Waals surface area contributed by atoms with Crippen LogP contribution in [0.25, 0.3) is 0 Å². The maximum absolute atomic E-state index is 15.1. The lowest BCUT2D eigenvalue weighted by Crippen LogP contribution is -2.57. The number of aliphatic hydroxyl groups is 1. The summed E-state index contributed by atoms with van der Waals surface area (Å²) in [6, 6.07) is -1.11. The summed E-state index contributed by atoms with van der Waals surface area (Å²) >= 11 is 0. The molecular weight excluding hydrogens is 471 g/mol. The van der Waals surface area contributed by atoms with Gasteiger partial charge in [0.05, 0.1) is 6.04 Å². The van der Waals surface area contributed by atoms with Gasteiger partial charge in [-0.3, -0.25) is 9.59 Å². The third kappa shape index (κ3) is 12.0. The Labute approximate surface area is 213 Å². The highest BCUT2D eigenvalue weighted by Gasteiger charge is 2.44. The van der Waals surface area contributed by atoms with Crippen molar-refractivity contribution in [3.63, 3.8) is 0 Å². The molecule has 4 N–H and O–H groups in total. The number of amides is 1. The van der Waals surface area contributed by atoms with Gasteiger partial charge < -0.3 is 30.4 Å². The molecule has 1 aliphatic rings. The molecule has 3 unspecified atom stereocenters. The van der Waals surface area contributed by atoms with Gasteiger partial charge in [0.1, 0.15) is 12.7 Å². The molecule has 0 aliphatic carbocycles. The SMILES string of the molecule is CCCCCCCCCCCCCC(=O)OCC(O)C(F)[C@@H]1OC(C(=O)O)=C[C@H](C=N)C1NC(C)=O. The maximum Gasteiger partial charge on any atom is 0.370 e.